The van der Waals surface area contributed by atoms with Crippen molar-refractivity contribution in [3.8, 4) is 0 Å². The Morgan fingerprint density at radius 2 is 1.67 bits per heavy atom. The topological polar surface area (TPSA) is 150 Å². The fraction of sp³-hybridized carbons (Fsp3) is 0.265. The molecule has 0 saturated carbocycles. The van der Waals surface area contributed by atoms with Gasteiger partial charge in [-0.1, -0.05) is 60.3 Å². The van der Waals surface area contributed by atoms with E-state index in [9.17, 15) is 19.9 Å². The summed E-state index contributed by atoms with van der Waals surface area (Å²) in [5, 5.41) is 27.9. The molecular weight excluding hydrogens is 592 g/mol. The van der Waals surface area contributed by atoms with E-state index in [1.807, 2.05) is 48.5 Å². The average molecular weight is 629 g/mol. The molecule has 10 nitrogen and oxygen atoms in total. The molecule has 3 atom stereocenters. The molecule has 0 unspecified atom stereocenters. The molecule has 1 saturated heterocycles. The number of pyridine rings is 1. The van der Waals surface area contributed by atoms with Crippen LogP contribution in [0.4, 0.5) is 17.1 Å². The maximum atomic E-state index is 12.7. The summed E-state index contributed by atoms with van der Waals surface area (Å²) in [6, 6.07) is 27.2. The number of thioether (sulfide) groups is 1. The van der Waals surface area contributed by atoms with E-state index in [1.54, 1.807) is 42.5 Å². The highest BCUT2D eigenvalue weighted by atomic mass is 32.2. The molecule has 2 amide bonds. The minimum atomic E-state index is -0.715. The fourth-order valence-electron chi connectivity index (χ4n) is 4.95. The van der Waals surface area contributed by atoms with Gasteiger partial charge in [0.25, 0.3) is 5.03 Å². The lowest BCUT2D eigenvalue weighted by atomic mass is 10.0. The molecule has 1 fully saturated rings. The van der Waals surface area contributed by atoms with Gasteiger partial charge in [-0.05, 0) is 47.9 Å². The number of nitrogens with zero attached hydrogens (tertiary/aromatic N) is 1. The molecule has 0 aliphatic carbocycles. The molecule has 0 spiro atoms. The summed E-state index contributed by atoms with van der Waals surface area (Å²) in [6.45, 7) is -0.0440. The number of nitrogen functional groups attached to an aromatic ring is 1. The molecule has 3 aromatic carbocycles. The standard InChI is InChI=1S/C34H36N4O6S/c35-28-9-1-2-10-29(28)37-32(41)12-6-11-31(40)36-26-8-5-7-25(19-26)34-43-27(22-45-33-13-3-4-18-38(33)42)20-30(44-34)24-16-14-23(21-39)15-17-24/h1-5,7-10,13-19,27,30,34,39H,6,11-12,20-22,35H2,(H,36,40)(H,37,41)/t27-,30+,34+/m1/s1. The van der Waals surface area contributed by atoms with Crippen LogP contribution in [0.1, 0.15) is 54.8 Å². The summed E-state index contributed by atoms with van der Waals surface area (Å²) in [4.78, 5) is 25.0. The van der Waals surface area contributed by atoms with Gasteiger partial charge in [0.1, 0.15) is 0 Å². The van der Waals surface area contributed by atoms with Crippen LogP contribution in [0.25, 0.3) is 0 Å². The Hall–Kier alpha value is -4.42. The van der Waals surface area contributed by atoms with E-state index < -0.39 is 6.29 Å². The molecule has 5 N–H and O–H groups in total. The van der Waals surface area contributed by atoms with Gasteiger partial charge in [-0.25, -0.2) is 0 Å². The van der Waals surface area contributed by atoms with Crippen LogP contribution in [-0.4, -0.2) is 28.8 Å². The fourth-order valence-corrected chi connectivity index (χ4v) is 5.88. The van der Waals surface area contributed by atoms with Crippen LogP contribution < -0.4 is 21.1 Å². The number of aliphatic hydroxyl groups excluding tert-OH is 1. The Balaban J connectivity index is 1.21. The molecular formula is C34H36N4O6S. The van der Waals surface area contributed by atoms with E-state index in [1.165, 1.54) is 18.0 Å². The van der Waals surface area contributed by atoms with Crippen molar-refractivity contribution in [2.24, 2.45) is 0 Å². The highest BCUT2D eigenvalue weighted by Gasteiger charge is 2.33. The first-order valence-corrected chi connectivity index (χ1v) is 15.7. The molecule has 1 aliphatic rings. The van der Waals surface area contributed by atoms with Crippen molar-refractivity contribution in [2.45, 2.75) is 55.8 Å². The number of nitrogens with one attached hydrogen (secondary N) is 2. The zero-order chi connectivity index (χ0) is 31.6. The summed E-state index contributed by atoms with van der Waals surface area (Å²) < 4.78 is 13.6. The number of para-hydroxylation sites is 2. The Morgan fingerprint density at radius 3 is 2.42 bits per heavy atom. The van der Waals surface area contributed by atoms with Gasteiger partial charge < -0.3 is 36.2 Å². The summed E-state index contributed by atoms with van der Waals surface area (Å²) in [5.74, 6) is 0.118. The molecule has 5 rings (SSSR count). The summed E-state index contributed by atoms with van der Waals surface area (Å²) in [6.07, 6.45) is 1.54. The second-order valence-electron chi connectivity index (χ2n) is 10.7. The number of hydrogen-bond donors (Lipinski definition) is 4. The smallest absolute Gasteiger partial charge is 0.251 e. The van der Waals surface area contributed by atoms with Crippen LogP contribution >= 0.6 is 11.8 Å². The van der Waals surface area contributed by atoms with Crippen LogP contribution in [0.2, 0.25) is 0 Å². The van der Waals surface area contributed by atoms with E-state index in [0.717, 1.165) is 21.4 Å². The van der Waals surface area contributed by atoms with Crippen molar-refractivity contribution in [1.29, 1.82) is 0 Å². The van der Waals surface area contributed by atoms with Gasteiger partial charge in [-0.3, -0.25) is 9.59 Å². The molecule has 4 aromatic rings. The van der Waals surface area contributed by atoms with Gasteiger partial charge >= 0.3 is 0 Å². The molecule has 0 bridgehead atoms. The first-order chi connectivity index (χ1) is 21.9. The van der Waals surface area contributed by atoms with Crippen LogP contribution in [-0.2, 0) is 25.7 Å². The zero-order valence-corrected chi connectivity index (χ0v) is 25.5. The second kappa shape index (κ2) is 15.5. The van der Waals surface area contributed by atoms with Crippen LogP contribution in [0.15, 0.2) is 102 Å². The van der Waals surface area contributed by atoms with Crippen molar-refractivity contribution >= 4 is 40.6 Å². The largest absolute Gasteiger partial charge is 0.618 e. The molecule has 1 aromatic heterocycles. The molecule has 1 aliphatic heterocycles. The van der Waals surface area contributed by atoms with Crippen molar-refractivity contribution in [2.75, 3.05) is 22.1 Å². The number of nitrogens with two attached hydrogens (primary N) is 1. The Labute approximate surface area is 266 Å². The number of benzene rings is 3. The number of aliphatic hydroxyl groups is 1. The van der Waals surface area contributed by atoms with Crippen molar-refractivity contribution in [3.63, 3.8) is 0 Å². The monoisotopic (exact) mass is 628 g/mol. The first kappa shape index (κ1) is 32.0. The van der Waals surface area contributed by atoms with E-state index in [-0.39, 0.29) is 43.5 Å². The highest BCUT2D eigenvalue weighted by molar-refractivity contribution is 7.99. The van der Waals surface area contributed by atoms with Gasteiger partial charge in [0, 0.05) is 48.4 Å². The van der Waals surface area contributed by atoms with E-state index in [2.05, 4.69) is 10.6 Å². The van der Waals surface area contributed by atoms with Gasteiger partial charge in [0.2, 0.25) is 11.8 Å². The summed E-state index contributed by atoms with van der Waals surface area (Å²) in [5.41, 5.74) is 10.00. The van der Waals surface area contributed by atoms with E-state index in [4.69, 9.17) is 15.2 Å². The average Bonchev–Trinajstić information content (AvgIpc) is 3.05. The molecule has 234 valence electrons. The third-order valence-corrected chi connectivity index (χ3v) is 8.46. The summed E-state index contributed by atoms with van der Waals surface area (Å²) >= 11 is 1.42. The van der Waals surface area contributed by atoms with Gasteiger partial charge in [-0.15, -0.1) is 0 Å². The summed E-state index contributed by atoms with van der Waals surface area (Å²) in [7, 11) is 0. The number of carbonyl (C=O) groups is 2. The van der Waals surface area contributed by atoms with E-state index >= 15 is 0 Å². The number of amides is 2. The molecule has 11 heteroatoms. The van der Waals surface area contributed by atoms with Crippen molar-refractivity contribution in [3.05, 3.63) is 119 Å². The maximum absolute atomic E-state index is 12.7. The Morgan fingerprint density at radius 1 is 0.911 bits per heavy atom. The van der Waals surface area contributed by atoms with Crippen molar-refractivity contribution in [1.82, 2.24) is 0 Å². The number of ether oxygens (including phenoxy) is 2. The molecule has 45 heavy (non-hydrogen) atoms. The normalized spacial score (nSPS) is 17.8. The predicted molar refractivity (Wildman–Crippen MR) is 173 cm³/mol. The second-order valence-corrected chi connectivity index (χ2v) is 11.7. The minimum Gasteiger partial charge on any atom is -0.618 e. The highest BCUT2D eigenvalue weighted by Crippen LogP contribution is 2.39. The Bertz CT molecular complexity index is 1600. The quantitative estimate of drug-likeness (QED) is 0.0697. The van der Waals surface area contributed by atoms with Gasteiger partial charge in [0.15, 0.2) is 12.5 Å². The lowest BCUT2D eigenvalue weighted by Gasteiger charge is -2.36. The van der Waals surface area contributed by atoms with E-state index in [0.29, 0.717) is 40.7 Å². The lowest BCUT2D eigenvalue weighted by molar-refractivity contribution is -0.645. The van der Waals surface area contributed by atoms with Gasteiger partial charge in [-0.2, -0.15) is 4.73 Å². The zero-order valence-electron chi connectivity index (χ0n) is 24.6. The molecule has 0 radical (unpaired) electrons. The minimum absolute atomic E-state index is 0.0440. The van der Waals surface area contributed by atoms with Crippen LogP contribution in [0.3, 0.4) is 0 Å². The first-order valence-electron chi connectivity index (χ1n) is 14.7. The Kier molecular flexibility index (Phi) is 11.0. The number of hydrogen-bond acceptors (Lipinski definition) is 8. The van der Waals surface area contributed by atoms with Crippen LogP contribution in [0.5, 0.6) is 0 Å². The van der Waals surface area contributed by atoms with Gasteiger partial charge in [0.05, 0.1) is 30.2 Å². The van der Waals surface area contributed by atoms with Crippen LogP contribution in [0, 0.1) is 5.21 Å². The van der Waals surface area contributed by atoms with Crippen molar-refractivity contribution < 1.29 is 28.9 Å². The molecule has 2 heterocycles. The predicted octanol–water partition coefficient (Wildman–Crippen LogP) is 5.48. The SMILES string of the molecule is Nc1ccccc1NC(=O)CCCC(=O)Nc1cccc([C@H]2O[C@@H](CSc3cccc[n+]3[O-])C[C@@H](c3ccc(CO)cc3)O2)c1. The number of rotatable bonds is 12. The number of carbonyl (C=O) groups excluding carboxylic acids is 2. The third-order valence-electron chi connectivity index (χ3n) is 7.31. The third kappa shape index (κ3) is 9.05. The number of anilines is 3. The lowest BCUT2D eigenvalue weighted by Crippen LogP contribution is -2.32. The number of aromatic nitrogens is 1. The maximum Gasteiger partial charge on any atom is 0.251 e.